The molecule has 2 atom stereocenters. The monoisotopic (exact) mass is 534 g/mol. The van der Waals surface area contributed by atoms with Crippen molar-refractivity contribution in [2.75, 3.05) is 31.1 Å². The lowest BCUT2D eigenvalue weighted by atomic mass is 10.0. The van der Waals surface area contributed by atoms with Gasteiger partial charge >= 0.3 is 5.97 Å². The highest BCUT2D eigenvalue weighted by Crippen LogP contribution is 2.22. The van der Waals surface area contributed by atoms with Gasteiger partial charge in [-0.2, -0.15) is 0 Å². The molecule has 1 aliphatic rings. The molecule has 4 rings (SSSR count). The lowest BCUT2D eigenvalue weighted by Crippen LogP contribution is -2.60. The number of carbonyl (C=O) groups excluding carboxylic acids is 1. The van der Waals surface area contributed by atoms with Gasteiger partial charge in [-0.05, 0) is 59.2 Å². The molecule has 0 bridgehead atoms. The van der Waals surface area contributed by atoms with Gasteiger partial charge in [-0.15, -0.1) is 4.41 Å². The molecule has 3 aromatic carbocycles. The Balaban J connectivity index is 1.44. The van der Waals surface area contributed by atoms with Crippen molar-refractivity contribution in [3.05, 3.63) is 77.4 Å². The predicted molar refractivity (Wildman–Crippen MR) is 148 cm³/mol. The van der Waals surface area contributed by atoms with Crippen molar-refractivity contribution in [2.24, 2.45) is 11.7 Å². The molecular formula is C28H30N4O5S. The molecule has 9 nitrogen and oxygen atoms in total. The number of carboxylic acid groups (broad SMARTS) is 1. The molecule has 0 saturated carbocycles. The largest absolute Gasteiger partial charge is 0.480 e. The summed E-state index contributed by atoms with van der Waals surface area (Å²) in [4.78, 5) is 25.6. The summed E-state index contributed by atoms with van der Waals surface area (Å²) in [5.41, 5.74) is 8.57. The number of piperazine rings is 1. The molecule has 2 unspecified atom stereocenters. The number of rotatable bonds is 7. The summed E-state index contributed by atoms with van der Waals surface area (Å²) in [7, 11) is 0. The third-order valence-electron chi connectivity index (χ3n) is 6.55. The number of nitrogens with zero attached hydrogens (tertiary/aromatic N) is 3. The van der Waals surface area contributed by atoms with Crippen LogP contribution in [0.5, 0.6) is 0 Å². The van der Waals surface area contributed by atoms with Crippen LogP contribution in [0.4, 0.5) is 5.69 Å². The Morgan fingerprint density at radius 3 is 2.18 bits per heavy atom. The first-order valence-corrected chi connectivity index (χ1v) is 13.3. The van der Waals surface area contributed by atoms with Crippen LogP contribution in [0, 0.1) is 17.8 Å². The van der Waals surface area contributed by atoms with Gasteiger partial charge in [-0.25, -0.2) is 9.22 Å². The smallest absolute Gasteiger partial charge is 0.323 e. The number of hydrogen-bond acceptors (Lipinski definition) is 5. The number of amides is 1. The van der Waals surface area contributed by atoms with Crippen molar-refractivity contribution in [1.29, 1.82) is 0 Å². The summed E-state index contributed by atoms with van der Waals surface area (Å²) < 4.78 is 22.9. The summed E-state index contributed by atoms with van der Waals surface area (Å²) in [5, 5.41) is 12.9. The molecule has 38 heavy (non-hydrogen) atoms. The molecule has 10 heteroatoms. The van der Waals surface area contributed by atoms with E-state index in [9.17, 15) is 23.5 Å². The Morgan fingerprint density at radius 1 is 0.974 bits per heavy atom. The fraction of sp³-hybridized carbons (Fsp3) is 0.286. The number of fused-ring (bicyclic) bond motifs is 1. The zero-order valence-corrected chi connectivity index (χ0v) is 22.0. The second-order valence-corrected chi connectivity index (χ2v) is 10.2. The van der Waals surface area contributed by atoms with Crippen LogP contribution in [-0.2, 0) is 16.1 Å². The Kier molecular flexibility index (Phi) is 8.44. The molecule has 0 radical (unpaired) electrons. The number of carbonyl (C=O) groups is 2. The average Bonchev–Trinajstić information content (AvgIpc) is 2.89. The van der Waals surface area contributed by atoms with E-state index in [1.165, 1.54) is 0 Å². The number of primary amides is 1. The molecule has 3 aromatic rings. The van der Waals surface area contributed by atoms with E-state index in [0.717, 1.165) is 32.0 Å². The fourth-order valence-corrected chi connectivity index (χ4v) is 5.51. The number of nitrogens with two attached hydrogens (primary N) is 1. The van der Waals surface area contributed by atoms with Gasteiger partial charge in [0.15, 0.2) is 0 Å². The maximum absolute atomic E-state index is 12.0. The maximum atomic E-state index is 12.0. The third-order valence-corrected chi connectivity index (χ3v) is 7.33. The Labute approximate surface area is 224 Å². The number of anilines is 1. The van der Waals surface area contributed by atoms with Crippen molar-refractivity contribution < 1.29 is 23.5 Å². The van der Waals surface area contributed by atoms with Gasteiger partial charge in [0.2, 0.25) is 17.2 Å². The number of hydrazine groups is 1. The number of carboxylic acids is 1. The summed E-state index contributed by atoms with van der Waals surface area (Å²) in [5.74, 6) is 4.36. The van der Waals surface area contributed by atoms with Crippen LogP contribution in [0.15, 0.2) is 60.7 Å². The summed E-state index contributed by atoms with van der Waals surface area (Å²) in [6.45, 7) is 5.42. The molecule has 0 spiro atoms. The average molecular weight is 535 g/mol. The maximum Gasteiger partial charge on any atom is 0.323 e. The van der Waals surface area contributed by atoms with Gasteiger partial charge < -0.3 is 15.7 Å². The summed E-state index contributed by atoms with van der Waals surface area (Å²) >= 11 is -2.44. The van der Waals surface area contributed by atoms with E-state index >= 15 is 0 Å². The van der Waals surface area contributed by atoms with Gasteiger partial charge in [0.1, 0.15) is 6.04 Å². The first-order chi connectivity index (χ1) is 18.2. The van der Waals surface area contributed by atoms with Crippen molar-refractivity contribution in [2.45, 2.75) is 19.9 Å². The van der Waals surface area contributed by atoms with Crippen molar-refractivity contribution in [1.82, 2.24) is 9.42 Å². The van der Waals surface area contributed by atoms with E-state index < -0.39 is 29.2 Å². The van der Waals surface area contributed by atoms with Crippen LogP contribution in [-0.4, -0.2) is 67.4 Å². The zero-order chi connectivity index (χ0) is 27.4. The molecule has 0 aliphatic carbocycles. The summed E-state index contributed by atoms with van der Waals surface area (Å²) in [6, 6.07) is 17.8. The minimum Gasteiger partial charge on any atom is -0.480 e. The highest BCUT2D eigenvalue weighted by Gasteiger charge is 2.38. The zero-order valence-electron chi connectivity index (χ0n) is 21.2. The van der Waals surface area contributed by atoms with Crippen LogP contribution in [0.3, 0.4) is 0 Å². The second-order valence-electron chi connectivity index (χ2n) is 9.40. The third kappa shape index (κ3) is 6.03. The molecule has 0 aromatic heterocycles. The highest BCUT2D eigenvalue weighted by molar-refractivity contribution is 7.76. The number of aliphatic carboxylic acids is 1. The van der Waals surface area contributed by atoms with Crippen LogP contribution in [0.1, 0.15) is 35.3 Å². The topological polar surface area (TPSA) is 127 Å². The van der Waals surface area contributed by atoms with Crippen LogP contribution < -0.4 is 10.6 Å². The van der Waals surface area contributed by atoms with E-state index in [2.05, 4.69) is 16.7 Å². The molecule has 4 N–H and O–H groups in total. The first kappa shape index (κ1) is 27.3. The molecular weight excluding hydrogens is 504 g/mol. The van der Waals surface area contributed by atoms with Crippen molar-refractivity contribution in [3.63, 3.8) is 0 Å². The van der Waals surface area contributed by atoms with Gasteiger partial charge in [0.05, 0.1) is 0 Å². The van der Waals surface area contributed by atoms with Crippen molar-refractivity contribution in [3.8, 4) is 11.8 Å². The number of benzene rings is 3. The van der Waals surface area contributed by atoms with E-state index in [-0.39, 0.29) is 5.92 Å². The van der Waals surface area contributed by atoms with E-state index in [0.29, 0.717) is 31.7 Å². The Morgan fingerprint density at radius 2 is 1.61 bits per heavy atom. The predicted octanol–water partition coefficient (Wildman–Crippen LogP) is 2.92. The van der Waals surface area contributed by atoms with Gasteiger partial charge in [0, 0.05) is 48.6 Å². The standard InChI is InChI=1S/C28H30N4O5S/c1-19(2)26(28(34)35)32(38(36)37)31-16-14-30(15-17-31)23-12-9-20(10-13-23)6-7-21-8-11-22-4-3-5-24(27(29)33)25(22)18-21/h3-5,8-13,18-19,26H,14-17H2,1-2H3,(H2,29,33)(H,34,35)(H,36,37). The number of hydrogen-bond donors (Lipinski definition) is 3. The molecule has 198 valence electrons. The minimum atomic E-state index is -2.44. The Hall–Kier alpha value is -3.75. The summed E-state index contributed by atoms with van der Waals surface area (Å²) in [6.07, 6.45) is 0. The van der Waals surface area contributed by atoms with Crippen molar-refractivity contribution >= 4 is 39.6 Å². The molecule has 1 heterocycles. The van der Waals surface area contributed by atoms with Crippen LogP contribution >= 0.6 is 0 Å². The first-order valence-electron chi connectivity index (χ1n) is 12.2. The second kappa shape index (κ2) is 11.8. The normalized spacial score (nSPS) is 15.8. The van der Waals surface area contributed by atoms with E-state index in [1.807, 2.05) is 48.5 Å². The molecule has 1 saturated heterocycles. The van der Waals surface area contributed by atoms with E-state index in [4.69, 9.17) is 5.73 Å². The molecule has 1 amide bonds. The minimum absolute atomic E-state index is 0.338. The van der Waals surface area contributed by atoms with Gasteiger partial charge in [-0.3, -0.25) is 14.1 Å². The SMILES string of the molecule is CC(C)C(C(=O)O)N(N1CCN(c2ccc(C#Cc3ccc4cccc(C(N)=O)c4c3)cc2)CC1)S(=O)O. The molecule has 1 fully saturated rings. The quantitative estimate of drug-likeness (QED) is 0.314. The van der Waals surface area contributed by atoms with E-state index in [1.54, 1.807) is 31.0 Å². The Bertz CT molecular complexity index is 1420. The van der Waals surface area contributed by atoms with Gasteiger partial charge in [-0.1, -0.05) is 43.9 Å². The fourth-order valence-electron chi connectivity index (χ4n) is 4.62. The molecule has 1 aliphatic heterocycles. The van der Waals surface area contributed by atoms with Gasteiger partial charge in [0.25, 0.3) is 0 Å². The lowest BCUT2D eigenvalue weighted by Gasteiger charge is -2.42. The highest BCUT2D eigenvalue weighted by atomic mass is 32.2. The lowest BCUT2D eigenvalue weighted by molar-refractivity contribution is -0.148. The van der Waals surface area contributed by atoms with Crippen LogP contribution in [0.2, 0.25) is 0 Å². The van der Waals surface area contributed by atoms with Crippen LogP contribution in [0.25, 0.3) is 10.8 Å².